The van der Waals surface area contributed by atoms with Crippen molar-refractivity contribution >= 4 is 5.97 Å². The molecule has 0 spiro atoms. The van der Waals surface area contributed by atoms with Crippen molar-refractivity contribution in [1.29, 1.82) is 0 Å². The lowest BCUT2D eigenvalue weighted by Crippen LogP contribution is -2.04. The molecule has 1 aliphatic rings. The number of nitrogens with zero attached hydrogens (tertiary/aromatic N) is 1. The van der Waals surface area contributed by atoms with Gasteiger partial charge in [0.05, 0.1) is 0 Å². The normalized spacial score (nSPS) is 25.6. The van der Waals surface area contributed by atoms with Crippen molar-refractivity contribution in [3.63, 3.8) is 0 Å². The molecule has 2 rings (SSSR count). The quantitative estimate of drug-likeness (QED) is 0.824. The Bertz CT molecular complexity index is 318. The molecule has 0 radical (unpaired) electrons. The van der Waals surface area contributed by atoms with Gasteiger partial charge in [0.25, 0.3) is 0 Å². The molecule has 15 heavy (non-hydrogen) atoms. The van der Waals surface area contributed by atoms with Crippen LogP contribution in [0.15, 0.2) is 24.5 Å². The molecule has 1 saturated carbocycles. The Morgan fingerprint density at radius 3 is 2.73 bits per heavy atom. The predicted octanol–water partition coefficient (Wildman–Crippen LogP) is 2.69. The van der Waals surface area contributed by atoms with E-state index in [-0.39, 0.29) is 0 Å². The van der Waals surface area contributed by atoms with E-state index in [9.17, 15) is 4.79 Å². The van der Waals surface area contributed by atoms with Gasteiger partial charge in [-0.3, -0.25) is 4.79 Å². The van der Waals surface area contributed by atoms with Crippen LogP contribution in [-0.2, 0) is 4.79 Å². The van der Waals surface area contributed by atoms with Crippen LogP contribution in [-0.4, -0.2) is 15.6 Å². The molecule has 1 fully saturated rings. The molecule has 1 aliphatic carbocycles. The van der Waals surface area contributed by atoms with Crippen LogP contribution in [0.1, 0.15) is 38.1 Å². The second-order valence-electron chi connectivity index (χ2n) is 4.40. The van der Waals surface area contributed by atoms with E-state index >= 15 is 0 Å². The van der Waals surface area contributed by atoms with E-state index in [2.05, 4.69) is 17.0 Å². The van der Waals surface area contributed by atoms with Gasteiger partial charge >= 0.3 is 5.97 Å². The Morgan fingerprint density at radius 2 is 2.07 bits per heavy atom. The van der Waals surface area contributed by atoms with Crippen LogP contribution in [0.3, 0.4) is 0 Å². The van der Waals surface area contributed by atoms with E-state index in [0.717, 1.165) is 12.8 Å². The summed E-state index contributed by atoms with van der Waals surface area (Å²) >= 11 is 0. The largest absolute Gasteiger partial charge is 0.481 e. The van der Waals surface area contributed by atoms with E-state index in [4.69, 9.17) is 5.11 Å². The van der Waals surface area contributed by atoms with Crippen LogP contribution in [0, 0.1) is 5.92 Å². The molecule has 3 heteroatoms. The first kappa shape index (κ1) is 10.3. The molecular formula is C12H17NO2. The highest BCUT2D eigenvalue weighted by Crippen LogP contribution is 2.36. The molecule has 3 nitrogen and oxygen atoms in total. The van der Waals surface area contributed by atoms with Crippen molar-refractivity contribution in [2.24, 2.45) is 5.92 Å². The minimum atomic E-state index is -0.667. The van der Waals surface area contributed by atoms with Crippen molar-refractivity contribution in [2.45, 2.75) is 38.1 Å². The highest BCUT2D eigenvalue weighted by Gasteiger charge is 2.25. The maximum Gasteiger partial charge on any atom is 0.303 e. The molecule has 0 saturated heterocycles. The van der Waals surface area contributed by atoms with Crippen molar-refractivity contribution < 1.29 is 9.90 Å². The van der Waals surface area contributed by atoms with Crippen LogP contribution in [0.25, 0.3) is 0 Å². The summed E-state index contributed by atoms with van der Waals surface area (Å²) in [7, 11) is 0. The lowest BCUT2D eigenvalue weighted by molar-refractivity contribution is -0.137. The number of rotatable bonds is 4. The lowest BCUT2D eigenvalue weighted by atomic mass is 10.0. The lowest BCUT2D eigenvalue weighted by Gasteiger charge is -2.12. The van der Waals surface area contributed by atoms with Crippen LogP contribution in [0.2, 0.25) is 0 Å². The van der Waals surface area contributed by atoms with Crippen LogP contribution < -0.4 is 0 Å². The molecule has 1 aromatic rings. The van der Waals surface area contributed by atoms with Gasteiger partial charge < -0.3 is 9.67 Å². The van der Waals surface area contributed by atoms with Gasteiger partial charge in [-0.2, -0.15) is 0 Å². The summed E-state index contributed by atoms with van der Waals surface area (Å²) in [5.41, 5.74) is 0. The van der Waals surface area contributed by atoms with E-state index in [1.165, 1.54) is 12.8 Å². The molecule has 0 aromatic carbocycles. The number of hydrogen-bond acceptors (Lipinski definition) is 1. The third kappa shape index (κ3) is 2.61. The second kappa shape index (κ2) is 4.51. The number of aromatic nitrogens is 1. The van der Waals surface area contributed by atoms with Gasteiger partial charge in [-0.15, -0.1) is 0 Å². The SMILES string of the molecule is O=C(O)CCC1CCC(n2cccc2)C1. The highest BCUT2D eigenvalue weighted by atomic mass is 16.4. The molecule has 0 aliphatic heterocycles. The number of hydrogen-bond donors (Lipinski definition) is 1. The predicted molar refractivity (Wildman–Crippen MR) is 57.7 cm³/mol. The zero-order valence-corrected chi connectivity index (χ0v) is 8.80. The molecule has 1 aromatic heterocycles. The molecule has 1 heterocycles. The zero-order chi connectivity index (χ0) is 10.7. The Balaban J connectivity index is 1.82. The fourth-order valence-electron chi connectivity index (χ4n) is 2.50. The highest BCUT2D eigenvalue weighted by molar-refractivity contribution is 5.66. The average molecular weight is 207 g/mol. The fourth-order valence-corrected chi connectivity index (χ4v) is 2.50. The molecule has 1 N–H and O–H groups in total. The summed E-state index contributed by atoms with van der Waals surface area (Å²) in [6.45, 7) is 0. The van der Waals surface area contributed by atoms with Crippen molar-refractivity contribution in [3.05, 3.63) is 24.5 Å². The second-order valence-corrected chi connectivity index (χ2v) is 4.40. The summed E-state index contributed by atoms with van der Waals surface area (Å²) in [4.78, 5) is 10.5. The monoisotopic (exact) mass is 207 g/mol. The first-order valence-electron chi connectivity index (χ1n) is 5.60. The Labute approximate surface area is 89.7 Å². The Hall–Kier alpha value is -1.25. The van der Waals surface area contributed by atoms with Gasteiger partial charge in [-0.25, -0.2) is 0 Å². The number of carboxylic acids is 1. The van der Waals surface area contributed by atoms with E-state index in [1.807, 2.05) is 12.1 Å². The molecular weight excluding hydrogens is 190 g/mol. The van der Waals surface area contributed by atoms with Gasteiger partial charge in [-0.05, 0) is 43.7 Å². The molecule has 0 amide bonds. The van der Waals surface area contributed by atoms with Crippen molar-refractivity contribution in [1.82, 2.24) is 4.57 Å². The van der Waals surface area contributed by atoms with Gasteiger partial charge in [0.1, 0.15) is 0 Å². The third-order valence-electron chi connectivity index (χ3n) is 3.33. The number of aliphatic carboxylic acids is 1. The zero-order valence-electron chi connectivity index (χ0n) is 8.80. The Morgan fingerprint density at radius 1 is 1.33 bits per heavy atom. The summed E-state index contributed by atoms with van der Waals surface area (Å²) in [6.07, 6.45) is 8.88. The van der Waals surface area contributed by atoms with Gasteiger partial charge in [0.2, 0.25) is 0 Å². The van der Waals surface area contributed by atoms with Gasteiger partial charge in [0.15, 0.2) is 0 Å². The first-order valence-corrected chi connectivity index (χ1v) is 5.60. The van der Waals surface area contributed by atoms with E-state index in [0.29, 0.717) is 18.4 Å². The smallest absolute Gasteiger partial charge is 0.303 e. The van der Waals surface area contributed by atoms with Crippen molar-refractivity contribution in [2.75, 3.05) is 0 Å². The van der Waals surface area contributed by atoms with E-state index < -0.39 is 5.97 Å². The summed E-state index contributed by atoms with van der Waals surface area (Å²) in [6, 6.07) is 4.69. The first-order chi connectivity index (χ1) is 7.25. The molecule has 2 unspecified atom stereocenters. The molecule has 82 valence electrons. The molecule has 2 atom stereocenters. The maximum absolute atomic E-state index is 10.5. The van der Waals surface area contributed by atoms with Crippen LogP contribution >= 0.6 is 0 Å². The number of carboxylic acid groups (broad SMARTS) is 1. The van der Waals surface area contributed by atoms with Crippen LogP contribution in [0.4, 0.5) is 0 Å². The van der Waals surface area contributed by atoms with Crippen LogP contribution in [0.5, 0.6) is 0 Å². The van der Waals surface area contributed by atoms with Gasteiger partial charge in [-0.1, -0.05) is 0 Å². The molecule has 0 bridgehead atoms. The van der Waals surface area contributed by atoms with E-state index in [1.54, 1.807) is 0 Å². The average Bonchev–Trinajstić information content (AvgIpc) is 2.85. The van der Waals surface area contributed by atoms with Gasteiger partial charge in [0, 0.05) is 24.9 Å². The number of carbonyl (C=O) groups is 1. The minimum absolute atomic E-state index is 0.322. The third-order valence-corrected chi connectivity index (χ3v) is 3.33. The topological polar surface area (TPSA) is 42.2 Å². The minimum Gasteiger partial charge on any atom is -0.481 e. The summed E-state index contributed by atoms with van der Waals surface area (Å²) in [5.74, 6) is -0.0621. The summed E-state index contributed by atoms with van der Waals surface area (Å²) in [5, 5.41) is 8.62. The summed E-state index contributed by atoms with van der Waals surface area (Å²) < 4.78 is 2.25. The maximum atomic E-state index is 10.5. The van der Waals surface area contributed by atoms with Crippen molar-refractivity contribution in [3.8, 4) is 0 Å². The standard InChI is InChI=1S/C12H17NO2/c14-12(15)6-4-10-3-5-11(9-10)13-7-1-2-8-13/h1-2,7-8,10-11H,3-6,9H2,(H,14,15). The Kier molecular flexibility index (Phi) is 3.09. The fraction of sp³-hybridized carbons (Fsp3) is 0.583.